The number of halogens is 1. The number of aromatic hydroxyl groups is 1. The molecular weight excluding hydrogens is 469 g/mol. The smallest absolute Gasteiger partial charge is 0.135 e. The summed E-state index contributed by atoms with van der Waals surface area (Å²) in [6, 6.07) is 20.1. The molecule has 0 radical (unpaired) electrons. The Labute approximate surface area is 215 Å². The third-order valence-electron chi connectivity index (χ3n) is 7.42. The number of benzene rings is 3. The zero-order chi connectivity index (χ0) is 25.2. The molecule has 1 N–H and O–H groups in total. The quantitative estimate of drug-likeness (QED) is 0.334. The first-order chi connectivity index (χ1) is 18.2. The lowest BCUT2D eigenvalue weighted by Crippen LogP contribution is -2.26. The number of allylic oxidation sites excluding steroid dienone is 1. The molecule has 0 spiro atoms. The molecule has 1 fully saturated rings. The van der Waals surface area contributed by atoms with Gasteiger partial charge in [-0.25, -0.2) is 4.63 Å². The summed E-state index contributed by atoms with van der Waals surface area (Å²) in [5.41, 5.74) is 8.35. The van der Waals surface area contributed by atoms with Crippen LogP contribution in [0.4, 0.5) is 4.39 Å². The molecule has 4 aromatic rings. The van der Waals surface area contributed by atoms with Crippen molar-refractivity contribution >= 4 is 22.2 Å². The minimum absolute atomic E-state index is 0.129. The van der Waals surface area contributed by atoms with Crippen molar-refractivity contribution < 1.29 is 18.9 Å². The zero-order valence-electron chi connectivity index (χ0n) is 20.7. The summed E-state index contributed by atoms with van der Waals surface area (Å²) in [7, 11) is 0. The van der Waals surface area contributed by atoms with Gasteiger partial charge >= 0.3 is 0 Å². The zero-order valence-corrected chi connectivity index (χ0v) is 20.7. The molecule has 2 aliphatic rings. The maximum Gasteiger partial charge on any atom is 0.135 e. The van der Waals surface area contributed by atoms with Crippen LogP contribution in [0, 0.1) is 0 Å². The predicted octanol–water partition coefficient (Wildman–Crippen LogP) is 6.04. The molecule has 1 aromatic heterocycles. The number of aromatic nitrogens is 2. The molecule has 1 aliphatic heterocycles. The van der Waals surface area contributed by atoms with E-state index in [4.69, 9.17) is 9.37 Å². The Balaban J connectivity index is 1.35. The van der Waals surface area contributed by atoms with E-state index < -0.39 is 0 Å². The third-order valence-corrected chi connectivity index (χ3v) is 7.42. The van der Waals surface area contributed by atoms with E-state index in [0.717, 1.165) is 89.9 Å². The number of aryl methyl sites for hydroxylation is 1. The Hall–Kier alpha value is -3.71. The molecule has 0 unspecified atom stereocenters. The van der Waals surface area contributed by atoms with Gasteiger partial charge in [0.2, 0.25) is 0 Å². The van der Waals surface area contributed by atoms with Gasteiger partial charge < -0.3 is 9.84 Å². The second-order valence-electron chi connectivity index (χ2n) is 9.91. The highest BCUT2D eigenvalue weighted by molar-refractivity contribution is 6.01. The van der Waals surface area contributed by atoms with Crippen molar-refractivity contribution in [1.82, 2.24) is 15.2 Å². The molecule has 37 heavy (non-hydrogen) atoms. The Morgan fingerprint density at radius 1 is 0.973 bits per heavy atom. The maximum atomic E-state index is 12.5. The van der Waals surface area contributed by atoms with Gasteiger partial charge in [0.1, 0.15) is 28.6 Å². The van der Waals surface area contributed by atoms with Crippen molar-refractivity contribution in [3.05, 3.63) is 82.9 Å². The monoisotopic (exact) mass is 499 g/mol. The maximum absolute atomic E-state index is 12.5. The highest BCUT2D eigenvalue weighted by Gasteiger charge is 2.24. The molecule has 1 aliphatic carbocycles. The summed E-state index contributed by atoms with van der Waals surface area (Å²) in [5, 5.41) is 18.2. The van der Waals surface area contributed by atoms with Gasteiger partial charge in [-0.2, -0.15) is 0 Å². The van der Waals surface area contributed by atoms with Crippen molar-refractivity contribution in [3.63, 3.8) is 0 Å². The SMILES string of the molecule is Oc1ccc2c(c1)CCCC(c1ccc3nonc3c1)=C2c1ccc(O[C@H]2CCN(CCCF)C2)cc1. The average molecular weight is 500 g/mol. The Kier molecular flexibility index (Phi) is 6.62. The fraction of sp³-hybridized carbons (Fsp3) is 0.333. The van der Waals surface area contributed by atoms with Gasteiger partial charge in [-0.05, 0) is 112 Å². The Morgan fingerprint density at radius 3 is 2.68 bits per heavy atom. The third kappa shape index (κ3) is 4.96. The van der Waals surface area contributed by atoms with Gasteiger partial charge in [0.25, 0.3) is 0 Å². The van der Waals surface area contributed by atoms with Crippen LogP contribution in [0.3, 0.4) is 0 Å². The molecular formula is C30H30FN3O3. The van der Waals surface area contributed by atoms with Crippen molar-refractivity contribution in [1.29, 1.82) is 0 Å². The van der Waals surface area contributed by atoms with Crippen molar-refractivity contribution in [2.45, 2.75) is 38.2 Å². The van der Waals surface area contributed by atoms with Crippen LogP contribution in [-0.4, -0.2) is 52.7 Å². The summed E-state index contributed by atoms with van der Waals surface area (Å²) in [5.74, 6) is 1.13. The summed E-state index contributed by atoms with van der Waals surface area (Å²) >= 11 is 0. The van der Waals surface area contributed by atoms with Gasteiger partial charge in [0, 0.05) is 19.6 Å². The predicted molar refractivity (Wildman–Crippen MR) is 141 cm³/mol. The molecule has 0 bridgehead atoms. The first-order valence-electron chi connectivity index (χ1n) is 13.0. The topological polar surface area (TPSA) is 71.6 Å². The lowest BCUT2D eigenvalue weighted by molar-refractivity contribution is 0.198. The van der Waals surface area contributed by atoms with Gasteiger partial charge in [-0.3, -0.25) is 9.29 Å². The number of alkyl halides is 1. The summed E-state index contributed by atoms with van der Waals surface area (Å²) in [6.45, 7) is 2.31. The van der Waals surface area contributed by atoms with Crippen LogP contribution in [0.2, 0.25) is 0 Å². The lowest BCUT2D eigenvalue weighted by Gasteiger charge is -2.18. The van der Waals surface area contributed by atoms with E-state index in [1.54, 1.807) is 6.07 Å². The average Bonchev–Trinajstić information content (AvgIpc) is 3.53. The summed E-state index contributed by atoms with van der Waals surface area (Å²) in [4.78, 5) is 2.27. The highest BCUT2D eigenvalue weighted by Crippen LogP contribution is 2.41. The van der Waals surface area contributed by atoms with Crippen LogP contribution in [0.25, 0.3) is 22.2 Å². The number of phenols is 1. The first kappa shape index (κ1) is 23.7. The molecule has 1 atom stereocenters. The Morgan fingerprint density at radius 2 is 1.81 bits per heavy atom. The molecule has 190 valence electrons. The van der Waals surface area contributed by atoms with Gasteiger partial charge in [0.15, 0.2) is 0 Å². The van der Waals surface area contributed by atoms with E-state index in [9.17, 15) is 9.50 Å². The number of nitrogens with zero attached hydrogens (tertiary/aromatic N) is 3. The van der Waals surface area contributed by atoms with Gasteiger partial charge in [0.05, 0.1) is 6.67 Å². The standard InChI is InChI=1S/C30H30FN3O3/c31-14-2-15-34-16-13-25(19-34)36-24-9-5-20(6-10-24)30-26(22-7-12-28-29(18-22)33-37-32-28)4-1-3-21-17-23(35)8-11-27(21)30/h5-12,17-18,25,35H,1-4,13-16,19H2/t25-/m0/s1. The molecule has 1 saturated heterocycles. The van der Waals surface area contributed by atoms with Crippen molar-refractivity contribution in [2.24, 2.45) is 0 Å². The van der Waals surface area contributed by atoms with E-state index >= 15 is 0 Å². The van der Waals surface area contributed by atoms with E-state index in [1.807, 2.05) is 36.4 Å². The minimum atomic E-state index is -0.270. The number of hydrogen-bond acceptors (Lipinski definition) is 6. The van der Waals surface area contributed by atoms with E-state index in [2.05, 4.69) is 33.4 Å². The Bertz CT molecular complexity index is 1430. The fourth-order valence-electron chi connectivity index (χ4n) is 5.63. The largest absolute Gasteiger partial charge is 0.508 e. The van der Waals surface area contributed by atoms with Crippen molar-refractivity contribution in [3.8, 4) is 11.5 Å². The van der Waals surface area contributed by atoms with E-state index in [-0.39, 0.29) is 18.5 Å². The van der Waals surface area contributed by atoms with Crippen LogP contribution in [0.1, 0.15) is 47.9 Å². The highest BCUT2D eigenvalue weighted by atomic mass is 19.1. The molecule has 2 heterocycles. The number of likely N-dealkylation sites (tertiary alicyclic amines) is 1. The number of fused-ring (bicyclic) bond motifs is 2. The number of hydrogen-bond donors (Lipinski definition) is 1. The molecule has 0 saturated carbocycles. The van der Waals surface area contributed by atoms with Crippen LogP contribution < -0.4 is 4.74 Å². The number of rotatable bonds is 7. The molecule has 6 rings (SSSR count). The molecule has 7 heteroatoms. The molecule has 6 nitrogen and oxygen atoms in total. The van der Waals surface area contributed by atoms with Crippen LogP contribution in [0.5, 0.6) is 11.5 Å². The summed E-state index contributed by atoms with van der Waals surface area (Å²) in [6.07, 6.45) is 4.44. The second-order valence-corrected chi connectivity index (χ2v) is 9.91. The number of ether oxygens (including phenoxy) is 1. The summed E-state index contributed by atoms with van der Waals surface area (Å²) < 4.78 is 23.7. The molecule has 3 aromatic carbocycles. The van der Waals surface area contributed by atoms with E-state index in [1.165, 1.54) is 5.57 Å². The fourth-order valence-corrected chi connectivity index (χ4v) is 5.63. The lowest BCUT2D eigenvalue weighted by atomic mass is 9.87. The van der Waals surface area contributed by atoms with E-state index in [0.29, 0.717) is 6.42 Å². The molecule has 0 amide bonds. The van der Waals surface area contributed by atoms with Crippen LogP contribution in [-0.2, 0) is 6.42 Å². The first-order valence-corrected chi connectivity index (χ1v) is 13.0. The van der Waals surface area contributed by atoms with Gasteiger partial charge in [-0.1, -0.05) is 24.3 Å². The van der Waals surface area contributed by atoms with Gasteiger partial charge in [-0.15, -0.1) is 0 Å². The minimum Gasteiger partial charge on any atom is -0.508 e. The van der Waals surface area contributed by atoms with Crippen LogP contribution >= 0.6 is 0 Å². The van der Waals surface area contributed by atoms with Crippen molar-refractivity contribution in [2.75, 3.05) is 26.3 Å². The number of phenolic OH excluding ortho intramolecular Hbond substituents is 1. The second kappa shape index (κ2) is 10.3. The van der Waals surface area contributed by atoms with Crippen LogP contribution in [0.15, 0.2) is 65.3 Å². The normalized spacial score (nSPS) is 18.2.